The smallest absolute Gasteiger partial charge is 0.227 e. The molecule has 3 heterocycles. The number of carbonyl (C=O) groups excluding carboxylic acids is 2. The van der Waals surface area contributed by atoms with E-state index in [0.717, 1.165) is 43.2 Å². The van der Waals surface area contributed by atoms with E-state index in [-0.39, 0.29) is 41.2 Å². The van der Waals surface area contributed by atoms with Gasteiger partial charge in [0.05, 0.1) is 12.0 Å². The number of hydrogen-bond acceptors (Lipinski definition) is 5. The molecule has 0 radical (unpaired) electrons. The van der Waals surface area contributed by atoms with Gasteiger partial charge in [-0.05, 0) is 86.8 Å². The van der Waals surface area contributed by atoms with Gasteiger partial charge in [0.25, 0.3) is 0 Å². The van der Waals surface area contributed by atoms with Gasteiger partial charge in [0.1, 0.15) is 17.4 Å². The van der Waals surface area contributed by atoms with Crippen molar-refractivity contribution in [3.63, 3.8) is 0 Å². The molecule has 0 spiro atoms. The van der Waals surface area contributed by atoms with Crippen LogP contribution in [0.5, 0.6) is 0 Å². The zero-order valence-electron chi connectivity index (χ0n) is 25.2. The zero-order valence-corrected chi connectivity index (χ0v) is 25.9. The second-order valence-corrected chi connectivity index (χ2v) is 13.3. The molecule has 4 aliphatic rings. The molecule has 0 N–H and O–H groups in total. The molecule has 6 nitrogen and oxygen atoms in total. The van der Waals surface area contributed by atoms with Crippen LogP contribution in [-0.4, -0.2) is 90.5 Å². The predicted octanol–water partition coefficient (Wildman–Crippen LogP) is 5.03. The van der Waals surface area contributed by atoms with Gasteiger partial charge >= 0.3 is 0 Å². The van der Waals surface area contributed by atoms with E-state index in [4.69, 9.17) is 16.3 Å². The van der Waals surface area contributed by atoms with Gasteiger partial charge < -0.3 is 9.64 Å². The van der Waals surface area contributed by atoms with Crippen LogP contribution in [0.25, 0.3) is 0 Å². The highest BCUT2D eigenvalue weighted by Crippen LogP contribution is 2.39. The Balaban J connectivity index is 1.18. The molecule has 2 aromatic rings. The lowest BCUT2D eigenvalue weighted by molar-refractivity contribution is -0.141. The van der Waals surface area contributed by atoms with Crippen LogP contribution in [0.1, 0.15) is 61.3 Å². The molecule has 9 heteroatoms. The summed E-state index contributed by atoms with van der Waals surface area (Å²) in [5.41, 5.74) is 3.03. The first-order valence-electron chi connectivity index (χ1n) is 15.8. The number of ketones is 1. The largest absolute Gasteiger partial charge is 0.381 e. The maximum atomic E-state index is 15.3. The lowest BCUT2D eigenvalue weighted by Gasteiger charge is -2.44. The molecule has 3 aliphatic heterocycles. The highest BCUT2D eigenvalue weighted by molar-refractivity contribution is 6.30. The Kier molecular flexibility index (Phi) is 9.20. The Morgan fingerprint density at radius 1 is 1.05 bits per heavy atom. The molecule has 1 aliphatic carbocycles. The van der Waals surface area contributed by atoms with Crippen molar-refractivity contribution in [1.82, 2.24) is 14.7 Å². The topological polar surface area (TPSA) is 53.1 Å². The lowest BCUT2D eigenvalue weighted by atomic mass is 9.87. The number of hydrogen-bond donors (Lipinski definition) is 0. The highest BCUT2D eigenvalue weighted by Gasteiger charge is 2.45. The third-order valence-electron chi connectivity index (χ3n) is 10.3. The molecule has 1 amide bonds. The van der Waals surface area contributed by atoms with E-state index in [1.807, 2.05) is 24.0 Å². The van der Waals surface area contributed by atoms with E-state index in [1.165, 1.54) is 6.07 Å². The number of benzene rings is 2. The number of ether oxygens (including phenoxy) is 1. The molecule has 4 atom stereocenters. The van der Waals surface area contributed by atoms with Crippen LogP contribution >= 0.6 is 11.6 Å². The number of carbonyl (C=O) groups is 2. The molecule has 6 rings (SSSR count). The fraction of sp³-hybridized carbons (Fsp3) is 0.588. The summed E-state index contributed by atoms with van der Waals surface area (Å²) in [6.07, 6.45) is 4.78. The van der Waals surface area contributed by atoms with Crippen molar-refractivity contribution in [3.05, 3.63) is 69.2 Å². The summed E-state index contributed by atoms with van der Waals surface area (Å²) >= 11 is 6.07. The molecular weight excluding hydrogens is 572 g/mol. The molecule has 3 saturated heterocycles. The summed E-state index contributed by atoms with van der Waals surface area (Å²) in [4.78, 5) is 33.5. The van der Waals surface area contributed by atoms with Crippen LogP contribution < -0.4 is 0 Å². The van der Waals surface area contributed by atoms with Gasteiger partial charge in [0, 0.05) is 69.0 Å². The summed E-state index contributed by atoms with van der Waals surface area (Å²) in [6.45, 7) is 7.72. The number of piperazine rings is 1. The molecule has 2 aromatic carbocycles. The quantitative estimate of drug-likeness (QED) is 0.438. The lowest BCUT2D eigenvalue weighted by Crippen LogP contribution is -2.59. The highest BCUT2D eigenvalue weighted by atomic mass is 35.5. The number of likely N-dealkylation sites (tertiary alicyclic amines) is 1. The predicted molar refractivity (Wildman–Crippen MR) is 162 cm³/mol. The average Bonchev–Trinajstić information content (AvgIpc) is 3.65. The number of aryl methyl sites for hydroxylation is 1. The van der Waals surface area contributed by atoms with Gasteiger partial charge in [-0.3, -0.25) is 19.4 Å². The number of halogens is 3. The van der Waals surface area contributed by atoms with Crippen LogP contribution in [0.3, 0.4) is 0 Å². The summed E-state index contributed by atoms with van der Waals surface area (Å²) in [5, 5.41) is 0.341. The molecule has 232 valence electrons. The standard InChI is InChI=1S/C34H42ClF2N3O3/c1-21-18-38(32(22(2)41)16-24-7-6-23-4-3-5-27(23)33(24)37)12-13-40(21)34(42)30-20-39(26-10-14-43-15-11-26)19-29(30)28-9-8-25(35)17-31(28)36/h6-9,17,21,26,29-30,32H,3-5,10-16,18-20H2,1-2H3/t21-,29-,30+,32-/m0/s1. The second-order valence-electron chi connectivity index (χ2n) is 12.9. The summed E-state index contributed by atoms with van der Waals surface area (Å²) in [7, 11) is 0. The first kappa shape index (κ1) is 30.6. The minimum absolute atomic E-state index is 0.00745. The summed E-state index contributed by atoms with van der Waals surface area (Å²) in [5.74, 6) is -1.13. The average molecular weight is 614 g/mol. The van der Waals surface area contributed by atoms with Crippen LogP contribution in [-0.2, 0) is 33.6 Å². The first-order valence-corrected chi connectivity index (χ1v) is 16.2. The van der Waals surface area contributed by atoms with Crippen LogP contribution in [0, 0.1) is 17.6 Å². The molecule has 0 aromatic heterocycles. The SMILES string of the molecule is CC(=O)[C@H](Cc1ccc2c(c1F)CCC2)N1CCN(C(=O)[C@@H]2CN(C3CCOCC3)C[C@H]2c2ccc(Cl)cc2F)[C@@H](C)C1. The van der Waals surface area contributed by atoms with Gasteiger partial charge in [0.2, 0.25) is 5.91 Å². The van der Waals surface area contributed by atoms with Crippen molar-refractivity contribution < 1.29 is 23.1 Å². The number of amides is 1. The number of fused-ring (bicyclic) bond motifs is 1. The summed E-state index contributed by atoms with van der Waals surface area (Å²) in [6, 6.07) is 8.36. The van der Waals surface area contributed by atoms with Crippen LogP contribution in [0.15, 0.2) is 30.3 Å². The van der Waals surface area contributed by atoms with Gasteiger partial charge in [-0.25, -0.2) is 8.78 Å². The van der Waals surface area contributed by atoms with Crippen molar-refractivity contribution in [2.75, 3.05) is 45.9 Å². The van der Waals surface area contributed by atoms with E-state index in [9.17, 15) is 9.59 Å². The molecule has 43 heavy (non-hydrogen) atoms. The minimum atomic E-state index is -0.444. The Labute approximate surface area is 258 Å². The summed E-state index contributed by atoms with van der Waals surface area (Å²) < 4.78 is 36.1. The number of nitrogens with zero attached hydrogens (tertiary/aromatic N) is 3. The minimum Gasteiger partial charge on any atom is -0.381 e. The zero-order chi connectivity index (χ0) is 30.2. The Hall–Kier alpha value is -2.39. The van der Waals surface area contributed by atoms with Crippen LogP contribution in [0.2, 0.25) is 5.02 Å². The third kappa shape index (κ3) is 6.26. The molecular formula is C34H42ClF2N3O3. The van der Waals surface area contributed by atoms with Crippen molar-refractivity contribution >= 4 is 23.3 Å². The van der Waals surface area contributed by atoms with E-state index in [2.05, 4.69) is 9.80 Å². The second kappa shape index (κ2) is 12.9. The number of rotatable bonds is 7. The maximum Gasteiger partial charge on any atom is 0.227 e. The van der Waals surface area contributed by atoms with Crippen molar-refractivity contribution in [1.29, 1.82) is 0 Å². The first-order chi connectivity index (χ1) is 20.7. The molecule has 0 saturated carbocycles. The third-order valence-corrected chi connectivity index (χ3v) is 10.5. The maximum absolute atomic E-state index is 15.3. The monoisotopic (exact) mass is 613 g/mol. The van der Waals surface area contributed by atoms with Gasteiger partial charge in [0.15, 0.2) is 0 Å². The fourth-order valence-corrected chi connectivity index (χ4v) is 8.08. The Bertz CT molecular complexity index is 1370. The van der Waals surface area contributed by atoms with Crippen molar-refractivity contribution in [3.8, 4) is 0 Å². The van der Waals surface area contributed by atoms with Crippen LogP contribution in [0.4, 0.5) is 8.78 Å². The van der Waals surface area contributed by atoms with Crippen molar-refractivity contribution in [2.24, 2.45) is 5.92 Å². The van der Waals surface area contributed by atoms with Gasteiger partial charge in [-0.1, -0.05) is 29.8 Å². The number of Topliss-reactive ketones (excluding diaryl/α,β-unsaturated/α-hetero) is 1. The van der Waals surface area contributed by atoms with Crippen molar-refractivity contribution in [2.45, 2.75) is 76.4 Å². The Morgan fingerprint density at radius 3 is 2.56 bits per heavy atom. The fourth-order valence-electron chi connectivity index (χ4n) is 7.93. The van der Waals surface area contributed by atoms with E-state index < -0.39 is 6.04 Å². The van der Waals surface area contributed by atoms with E-state index in [1.54, 1.807) is 19.1 Å². The molecule has 3 fully saturated rings. The van der Waals surface area contributed by atoms with Gasteiger partial charge in [-0.15, -0.1) is 0 Å². The van der Waals surface area contributed by atoms with E-state index in [0.29, 0.717) is 74.5 Å². The van der Waals surface area contributed by atoms with Gasteiger partial charge in [-0.2, -0.15) is 0 Å². The van der Waals surface area contributed by atoms with E-state index >= 15 is 8.78 Å². The molecule has 0 bridgehead atoms. The normalized spacial score (nSPS) is 26.1. The Morgan fingerprint density at radius 2 is 1.84 bits per heavy atom. The molecule has 0 unspecified atom stereocenters.